The number of carbonyl (C=O) groups is 2. The molecule has 3 aliphatic heterocycles. The van der Waals surface area contributed by atoms with Crippen LogP contribution >= 0.6 is 0 Å². The summed E-state index contributed by atoms with van der Waals surface area (Å²) in [5, 5.41) is 6.52. The van der Waals surface area contributed by atoms with Gasteiger partial charge in [-0.1, -0.05) is 12.8 Å². The lowest BCUT2D eigenvalue weighted by Crippen LogP contribution is -2.54. The van der Waals surface area contributed by atoms with E-state index in [1.165, 1.54) is 25.7 Å². The van der Waals surface area contributed by atoms with Gasteiger partial charge in [0.15, 0.2) is 0 Å². The average molecular weight is 291 g/mol. The van der Waals surface area contributed by atoms with Gasteiger partial charge in [0.1, 0.15) is 0 Å². The molecule has 0 aromatic heterocycles. The Labute approximate surface area is 125 Å². The Balaban J connectivity index is 1.46. The van der Waals surface area contributed by atoms with E-state index >= 15 is 0 Å². The lowest BCUT2D eigenvalue weighted by Gasteiger charge is -2.37. The summed E-state index contributed by atoms with van der Waals surface area (Å²) in [7, 11) is 0. The average Bonchev–Trinajstić information content (AvgIpc) is 3.10. The number of fused-ring (bicyclic) bond motifs is 2. The molecular weight excluding hydrogens is 266 g/mol. The zero-order chi connectivity index (χ0) is 14.4. The topological polar surface area (TPSA) is 61.4 Å². The summed E-state index contributed by atoms with van der Waals surface area (Å²) < 4.78 is 0. The van der Waals surface area contributed by atoms with Crippen molar-refractivity contribution in [3.05, 3.63) is 0 Å². The van der Waals surface area contributed by atoms with E-state index < -0.39 is 0 Å². The molecule has 5 unspecified atom stereocenters. The number of hydrogen-bond donors (Lipinski definition) is 2. The summed E-state index contributed by atoms with van der Waals surface area (Å²) in [5.74, 6) is 1.11. The van der Waals surface area contributed by atoms with Crippen molar-refractivity contribution in [3.63, 3.8) is 0 Å². The standard InChI is InChI=1S/C16H25N3O2/c20-15-11-5-3-7-19(14(11)9-17-15)16(21)13-8-10-4-1-2-6-12(10)18-13/h10-14,18H,1-9H2,(H,17,20). The Morgan fingerprint density at radius 3 is 2.86 bits per heavy atom. The monoisotopic (exact) mass is 291 g/mol. The second-order valence-corrected chi connectivity index (χ2v) is 7.20. The number of likely N-dealkylation sites (tertiary alicyclic amines) is 1. The van der Waals surface area contributed by atoms with Gasteiger partial charge in [0, 0.05) is 19.1 Å². The van der Waals surface area contributed by atoms with Gasteiger partial charge in [-0.3, -0.25) is 9.59 Å². The Morgan fingerprint density at radius 2 is 2.00 bits per heavy atom. The lowest BCUT2D eigenvalue weighted by atomic mass is 9.85. The number of piperidine rings is 1. The second kappa shape index (κ2) is 5.27. The normalized spacial score (nSPS) is 42.4. The number of carbonyl (C=O) groups excluding carboxylic acids is 2. The number of amides is 2. The van der Waals surface area contributed by atoms with Crippen molar-refractivity contribution in [2.75, 3.05) is 13.1 Å². The predicted molar refractivity (Wildman–Crippen MR) is 78.5 cm³/mol. The summed E-state index contributed by atoms with van der Waals surface area (Å²) >= 11 is 0. The molecule has 5 atom stereocenters. The molecule has 0 bridgehead atoms. The van der Waals surface area contributed by atoms with Gasteiger partial charge in [-0.2, -0.15) is 0 Å². The van der Waals surface area contributed by atoms with E-state index in [4.69, 9.17) is 0 Å². The van der Waals surface area contributed by atoms with Crippen LogP contribution in [0.25, 0.3) is 0 Å². The highest BCUT2D eigenvalue weighted by Crippen LogP contribution is 2.35. The quantitative estimate of drug-likeness (QED) is 0.745. The molecule has 1 saturated carbocycles. The maximum atomic E-state index is 12.9. The predicted octanol–water partition coefficient (Wildman–Crippen LogP) is 0.644. The third-order valence-electron chi connectivity index (χ3n) is 6.05. The molecule has 116 valence electrons. The molecule has 4 fully saturated rings. The van der Waals surface area contributed by atoms with E-state index in [0.29, 0.717) is 18.5 Å². The molecular formula is C16H25N3O2. The van der Waals surface area contributed by atoms with E-state index in [9.17, 15) is 9.59 Å². The Hall–Kier alpha value is -1.10. The highest BCUT2D eigenvalue weighted by Gasteiger charge is 2.46. The summed E-state index contributed by atoms with van der Waals surface area (Å²) in [6.07, 6.45) is 7.99. The van der Waals surface area contributed by atoms with Gasteiger partial charge >= 0.3 is 0 Å². The molecule has 3 saturated heterocycles. The van der Waals surface area contributed by atoms with Crippen LogP contribution < -0.4 is 10.6 Å². The van der Waals surface area contributed by atoms with Crippen LogP contribution in [0.3, 0.4) is 0 Å². The van der Waals surface area contributed by atoms with Gasteiger partial charge in [-0.15, -0.1) is 0 Å². The molecule has 3 heterocycles. The molecule has 5 heteroatoms. The van der Waals surface area contributed by atoms with Crippen LogP contribution in [0, 0.1) is 11.8 Å². The highest BCUT2D eigenvalue weighted by molar-refractivity contribution is 5.86. The summed E-state index contributed by atoms with van der Waals surface area (Å²) in [6, 6.07) is 0.646. The fraction of sp³-hybridized carbons (Fsp3) is 0.875. The molecule has 0 aromatic rings. The van der Waals surface area contributed by atoms with Gasteiger partial charge in [-0.05, 0) is 38.0 Å². The van der Waals surface area contributed by atoms with Gasteiger partial charge in [-0.25, -0.2) is 0 Å². The highest BCUT2D eigenvalue weighted by atomic mass is 16.2. The first-order chi connectivity index (χ1) is 10.2. The molecule has 4 aliphatic rings. The van der Waals surface area contributed by atoms with E-state index in [1.54, 1.807) is 0 Å². The van der Waals surface area contributed by atoms with Crippen molar-refractivity contribution in [3.8, 4) is 0 Å². The van der Waals surface area contributed by atoms with E-state index in [2.05, 4.69) is 10.6 Å². The Bertz CT molecular complexity index is 439. The minimum Gasteiger partial charge on any atom is -0.354 e. The Morgan fingerprint density at radius 1 is 1.14 bits per heavy atom. The minimum atomic E-state index is -0.00690. The molecule has 2 amide bonds. The van der Waals surface area contributed by atoms with Crippen LogP contribution in [0.4, 0.5) is 0 Å². The van der Waals surface area contributed by atoms with Gasteiger partial charge in [0.25, 0.3) is 0 Å². The molecule has 2 N–H and O–H groups in total. The SMILES string of the molecule is O=C1NCC2C1CCCN2C(=O)C1CC2CCCCC2N1. The van der Waals surface area contributed by atoms with Crippen molar-refractivity contribution >= 4 is 11.8 Å². The fourth-order valence-electron chi connectivity index (χ4n) is 4.94. The first kappa shape index (κ1) is 13.6. The Kier molecular flexibility index (Phi) is 3.40. The molecule has 4 rings (SSSR count). The zero-order valence-corrected chi connectivity index (χ0v) is 12.5. The number of hydrogen-bond acceptors (Lipinski definition) is 3. The molecule has 5 nitrogen and oxygen atoms in total. The fourth-order valence-corrected chi connectivity index (χ4v) is 4.94. The number of rotatable bonds is 1. The van der Waals surface area contributed by atoms with Crippen molar-refractivity contribution in [2.45, 2.75) is 63.1 Å². The maximum Gasteiger partial charge on any atom is 0.240 e. The maximum absolute atomic E-state index is 12.9. The van der Waals surface area contributed by atoms with Gasteiger partial charge in [0.05, 0.1) is 18.0 Å². The van der Waals surface area contributed by atoms with E-state index in [0.717, 1.165) is 25.8 Å². The van der Waals surface area contributed by atoms with Crippen LogP contribution in [0.5, 0.6) is 0 Å². The molecule has 21 heavy (non-hydrogen) atoms. The van der Waals surface area contributed by atoms with Crippen LogP contribution in [-0.4, -0.2) is 47.9 Å². The van der Waals surface area contributed by atoms with Gasteiger partial charge in [0.2, 0.25) is 11.8 Å². The van der Waals surface area contributed by atoms with E-state index in [1.807, 2.05) is 4.90 Å². The van der Waals surface area contributed by atoms with Crippen molar-refractivity contribution in [1.29, 1.82) is 0 Å². The van der Waals surface area contributed by atoms with Crippen molar-refractivity contribution < 1.29 is 9.59 Å². The third kappa shape index (κ3) is 2.26. The lowest BCUT2D eigenvalue weighted by molar-refractivity contribution is -0.138. The minimum absolute atomic E-state index is 0.00690. The number of nitrogens with one attached hydrogen (secondary N) is 2. The first-order valence-electron chi connectivity index (χ1n) is 8.58. The van der Waals surface area contributed by atoms with Crippen LogP contribution in [-0.2, 0) is 9.59 Å². The molecule has 0 aromatic carbocycles. The molecule has 0 spiro atoms. The summed E-state index contributed by atoms with van der Waals surface area (Å²) in [5.41, 5.74) is 0. The first-order valence-corrected chi connectivity index (χ1v) is 8.58. The van der Waals surface area contributed by atoms with Crippen LogP contribution in [0.1, 0.15) is 44.9 Å². The zero-order valence-electron chi connectivity index (χ0n) is 12.5. The van der Waals surface area contributed by atoms with Crippen molar-refractivity contribution in [1.82, 2.24) is 15.5 Å². The number of nitrogens with zero attached hydrogens (tertiary/aromatic N) is 1. The van der Waals surface area contributed by atoms with Crippen LogP contribution in [0.15, 0.2) is 0 Å². The van der Waals surface area contributed by atoms with Crippen molar-refractivity contribution in [2.24, 2.45) is 11.8 Å². The second-order valence-electron chi connectivity index (χ2n) is 7.20. The van der Waals surface area contributed by atoms with Gasteiger partial charge < -0.3 is 15.5 Å². The van der Waals surface area contributed by atoms with Crippen LogP contribution in [0.2, 0.25) is 0 Å². The smallest absolute Gasteiger partial charge is 0.240 e. The van der Waals surface area contributed by atoms with E-state index in [-0.39, 0.29) is 29.8 Å². The summed E-state index contributed by atoms with van der Waals surface area (Å²) in [4.78, 5) is 26.8. The summed E-state index contributed by atoms with van der Waals surface area (Å²) in [6.45, 7) is 1.47. The third-order valence-corrected chi connectivity index (χ3v) is 6.05. The molecule has 1 aliphatic carbocycles. The largest absolute Gasteiger partial charge is 0.354 e. The molecule has 0 radical (unpaired) electrons.